The second kappa shape index (κ2) is 9.51. The largest absolute Gasteiger partial charge is 0.378 e. The fourth-order valence-corrected chi connectivity index (χ4v) is 3.91. The predicted octanol–water partition coefficient (Wildman–Crippen LogP) is 2.94. The normalized spacial score (nSPS) is 22.7. The van der Waals surface area contributed by atoms with Crippen molar-refractivity contribution in [2.24, 2.45) is 0 Å². The molecule has 140 valence electrons. The summed E-state index contributed by atoms with van der Waals surface area (Å²) in [6.07, 6.45) is 6.09. The smallest absolute Gasteiger partial charge is 0.221 e. The molecule has 25 heavy (non-hydrogen) atoms. The highest BCUT2D eigenvalue weighted by molar-refractivity contribution is 5.85. The van der Waals surface area contributed by atoms with Gasteiger partial charge >= 0.3 is 0 Å². The van der Waals surface area contributed by atoms with Gasteiger partial charge in [-0.25, -0.2) is 4.39 Å². The van der Waals surface area contributed by atoms with Gasteiger partial charge in [0.1, 0.15) is 5.82 Å². The molecule has 1 saturated carbocycles. The maximum Gasteiger partial charge on any atom is 0.221 e. The molecule has 2 aliphatic rings. The molecule has 1 heterocycles. The van der Waals surface area contributed by atoms with Crippen LogP contribution >= 0.6 is 12.4 Å². The summed E-state index contributed by atoms with van der Waals surface area (Å²) in [7, 11) is 0. The number of morpholine rings is 1. The Morgan fingerprint density at radius 2 is 1.96 bits per heavy atom. The monoisotopic (exact) mass is 370 g/mol. The number of halogens is 2. The summed E-state index contributed by atoms with van der Waals surface area (Å²) in [6, 6.07) is 6.91. The molecule has 0 bridgehead atoms. The van der Waals surface area contributed by atoms with Gasteiger partial charge in [-0.3, -0.25) is 4.79 Å². The predicted molar refractivity (Wildman–Crippen MR) is 98.6 cm³/mol. The number of hydrogen-bond donors (Lipinski definition) is 2. The Labute approximate surface area is 155 Å². The first kappa shape index (κ1) is 20.1. The Morgan fingerprint density at radius 1 is 1.24 bits per heavy atom. The second-order valence-electron chi connectivity index (χ2n) is 7.05. The lowest BCUT2D eigenvalue weighted by Gasteiger charge is -2.38. The third-order valence-corrected chi connectivity index (χ3v) is 5.32. The molecule has 2 N–H and O–H groups in total. The van der Waals surface area contributed by atoms with Crippen LogP contribution < -0.4 is 10.6 Å². The average molecular weight is 371 g/mol. The standard InChI is InChI=1S/C19H27FN2O2.ClH/c20-16-6-4-15(5-7-16)19(8-2-1-3-9-19)14-22-18(23)12-17-13-24-11-10-21-17;/h4-7,17,21H,1-3,8-14H2,(H,22,23);1H. The molecule has 1 saturated heterocycles. The molecule has 3 rings (SSSR count). The Morgan fingerprint density at radius 3 is 2.60 bits per heavy atom. The van der Waals surface area contributed by atoms with E-state index in [1.54, 1.807) is 0 Å². The van der Waals surface area contributed by atoms with Crippen molar-refractivity contribution >= 4 is 18.3 Å². The number of benzene rings is 1. The topological polar surface area (TPSA) is 50.4 Å². The first-order valence-corrected chi connectivity index (χ1v) is 9.02. The van der Waals surface area contributed by atoms with Gasteiger partial charge in [-0.15, -0.1) is 12.4 Å². The van der Waals surface area contributed by atoms with E-state index in [-0.39, 0.29) is 35.6 Å². The Balaban J connectivity index is 0.00000225. The first-order valence-electron chi connectivity index (χ1n) is 9.02. The molecule has 1 aromatic carbocycles. The van der Waals surface area contributed by atoms with Crippen molar-refractivity contribution < 1.29 is 13.9 Å². The van der Waals surface area contributed by atoms with Crippen LogP contribution in [0.1, 0.15) is 44.1 Å². The minimum atomic E-state index is -0.211. The van der Waals surface area contributed by atoms with Crippen molar-refractivity contribution in [2.45, 2.75) is 50.0 Å². The van der Waals surface area contributed by atoms with E-state index in [9.17, 15) is 9.18 Å². The Hall–Kier alpha value is -1.17. The van der Waals surface area contributed by atoms with Crippen LogP contribution in [0.3, 0.4) is 0 Å². The molecule has 0 spiro atoms. The summed E-state index contributed by atoms with van der Waals surface area (Å²) in [5, 5.41) is 6.43. The fourth-order valence-electron chi connectivity index (χ4n) is 3.91. The van der Waals surface area contributed by atoms with Crippen LogP contribution in [0.4, 0.5) is 4.39 Å². The molecule has 1 aliphatic carbocycles. The average Bonchev–Trinajstić information content (AvgIpc) is 2.62. The first-order chi connectivity index (χ1) is 11.7. The van der Waals surface area contributed by atoms with Crippen LogP contribution in [0, 0.1) is 5.82 Å². The third-order valence-electron chi connectivity index (χ3n) is 5.32. The van der Waals surface area contributed by atoms with Crippen molar-refractivity contribution in [1.29, 1.82) is 0 Å². The highest BCUT2D eigenvalue weighted by Gasteiger charge is 2.34. The molecule has 0 radical (unpaired) electrons. The van der Waals surface area contributed by atoms with Crippen molar-refractivity contribution in [1.82, 2.24) is 10.6 Å². The summed E-state index contributed by atoms with van der Waals surface area (Å²) >= 11 is 0. The highest BCUT2D eigenvalue weighted by Crippen LogP contribution is 2.39. The van der Waals surface area contributed by atoms with Crippen molar-refractivity contribution in [3.05, 3.63) is 35.6 Å². The van der Waals surface area contributed by atoms with Gasteiger partial charge in [0.25, 0.3) is 0 Å². The SMILES string of the molecule is Cl.O=C(CC1COCCN1)NCC1(c2ccc(F)cc2)CCCCC1. The van der Waals surface area contributed by atoms with Crippen molar-refractivity contribution in [2.75, 3.05) is 26.3 Å². The molecule has 1 atom stereocenters. The van der Waals surface area contributed by atoms with Crippen LogP contribution in [-0.4, -0.2) is 38.3 Å². The van der Waals surface area contributed by atoms with Crippen LogP contribution in [0.2, 0.25) is 0 Å². The summed E-state index contributed by atoms with van der Waals surface area (Å²) in [4.78, 5) is 12.3. The summed E-state index contributed by atoms with van der Waals surface area (Å²) in [5.74, 6) is -0.151. The maximum absolute atomic E-state index is 13.3. The number of hydrogen-bond acceptors (Lipinski definition) is 3. The summed E-state index contributed by atoms with van der Waals surface area (Å²) in [6.45, 7) is 2.74. The van der Waals surface area contributed by atoms with Gasteiger partial charge in [0.05, 0.1) is 13.2 Å². The van der Waals surface area contributed by atoms with Crippen LogP contribution in [-0.2, 0) is 14.9 Å². The fraction of sp³-hybridized carbons (Fsp3) is 0.632. The lowest BCUT2D eigenvalue weighted by Crippen LogP contribution is -2.47. The van der Waals surface area contributed by atoms with Crippen LogP contribution in [0.15, 0.2) is 24.3 Å². The lowest BCUT2D eigenvalue weighted by atomic mass is 9.69. The lowest BCUT2D eigenvalue weighted by molar-refractivity contribution is -0.122. The van der Waals surface area contributed by atoms with Gasteiger partial charge in [0.2, 0.25) is 5.91 Å². The van der Waals surface area contributed by atoms with E-state index in [0.717, 1.165) is 37.8 Å². The molecule has 1 aromatic rings. The number of amides is 1. The van der Waals surface area contributed by atoms with E-state index in [0.29, 0.717) is 26.2 Å². The van der Waals surface area contributed by atoms with Crippen LogP contribution in [0.25, 0.3) is 0 Å². The van der Waals surface area contributed by atoms with Gasteiger partial charge in [0.15, 0.2) is 0 Å². The number of nitrogens with one attached hydrogen (secondary N) is 2. The molecular weight excluding hydrogens is 343 g/mol. The molecule has 4 nitrogen and oxygen atoms in total. The van der Waals surface area contributed by atoms with E-state index in [4.69, 9.17) is 4.74 Å². The van der Waals surface area contributed by atoms with Gasteiger partial charge in [-0.05, 0) is 30.5 Å². The van der Waals surface area contributed by atoms with Gasteiger partial charge in [0, 0.05) is 31.0 Å². The maximum atomic E-state index is 13.3. The minimum Gasteiger partial charge on any atom is -0.378 e. The minimum absolute atomic E-state index is 0. The molecule has 0 aromatic heterocycles. The van der Waals surface area contributed by atoms with E-state index in [1.807, 2.05) is 12.1 Å². The van der Waals surface area contributed by atoms with Gasteiger partial charge in [-0.1, -0.05) is 31.4 Å². The zero-order valence-electron chi connectivity index (χ0n) is 14.6. The van der Waals surface area contributed by atoms with Crippen molar-refractivity contribution in [3.8, 4) is 0 Å². The molecule has 2 fully saturated rings. The van der Waals surface area contributed by atoms with Gasteiger partial charge < -0.3 is 15.4 Å². The molecule has 1 unspecified atom stereocenters. The van der Waals surface area contributed by atoms with E-state index >= 15 is 0 Å². The van der Waals surface area contributed by atoms with Gasteiger partial charge in [-0.2, -0.15) is 0 Å². The summed E-state index contributed by atoms with van der Waals surface area (Å²) in [5.41, 5.74) is 1.08. The molecule has 6 heteroatoms. The number of ether oxygens (including phenoxy) is 1. The quantitative estimate of drug-likeness (QED) is 0.837. The van der Waals surface area contributed by atoms with E-state index in [2.05, 4.69) is 10.6 Å². The molecule has 1 aliphatic heterocycles. The number of rotatable bonds is 5. The molecule has 1 amide bonds. The summed E-state index contributed by atoms with van der Waals surface area (Å²) < 4.78 is 18.7. The van der Waals surface area contributed by atoms with Crippen LogP contribution in [0.5, 0.6) is 0 Å². The highest BCUT2D eigenvalue weighted by atomic mass is 35.5. The van der Waals surface area contributed by atoms with E-state index in [1.165, 1.54) is 18.6 Å². The third kappa shape index (κ3) is 5.40. The zero-order chi connectivity index (χ0) is 16.8. The van der Waals surface area contributed by atoms with Crippen molar-refractivity contribution in [3.63, 3.8) is 0 Å². The Bertz CT molecular complexity index is 541. The molecular formula is C19H28ClFN2O2. The number of carbonyl (C=O) groups excluding carboxylic acids is 1. The Kier molecular flexibility index (Phi) is 7.66. The number of carbonyl (C=O) groups is 1. The van der Waals surface area contributed by atoms with E-state index < -0.39 is 0 Å². The zero-order valence-corrected chi connectivity index (χ0v) is 15.4. The second-order valence-corrected chi connectivity index (χ2v) is 7.05.